The van der Waals surface area contributed by atoms with Gasteiger partial charge < -0.3 is 5.32 Å². The van der Waals surface area contributed by atoms with Gasteiger partial charge in [-0.05, 0) is 49.6 Å². The fourth-order valence-electron chi connectivity index (χ4n) is 3.24. The van der Waals surface area contributed by atoms with Crippen LogP contribution in [0.3, 0.4) is 0 Å². The fraction of sp³-hybridized carbons (Fsp3) is 0.444. The highest BCUT2D eigenvalue weighted by molar-refractivity contribution is 5.93. The van der Waals surface area contributed by atoms with Crippen molar-refractivity contribution in [2.45, 2.75) is 32.4 Å². The number of rotatable bonds is 5. The molecule has 5 nitrogen and oxygen atoms in total. The summed E-state index contributed by atoms with van der Waals surface area (Å²) in [6, 6.07) is 5.26. The van der Waals surface area contributed by atoms with Gasteiger partial charge in [0, 0.05) is 32.4 Å². The van der Waals surface area contributed by atoms with Crippen molar-refractivity contribution in [3.63, 3.8) is 0 Å². The van der Waals surface area contributed by atoms with E-state index in [-0.39, 0.29) is 11.7 Å². The van der Waals surface area contributed by atoms with Gasteiger partial charge in [0.05, 0.1) is 11.8 Å². The first-order chi connectivity index (χ1) is 11.5. The molecule has 1 aliphatic rings. The number of carbonyl (C=O) groups excluding carboxylic acids is 1. The molecule has 0 saturated carbocycles. The minimum absolute atomic E-state index is 0.0899. The summed E-state index contributed by atoms with van der Waals surface area (Å²) in [4.78, 5) is 14.5. The summed E-state index contributed by atoms with van der Waals surface area (Å²) in [7, 11) is 1.79. The molecule has 1 N–H and O–H groups in total. The van der Waals surface area contributed by atoms with Crippen LogP contribution < -0.4 is 5.32 Å². The number of carbonyl (C=O) groups is 1. The van der Waals surface area contributed by atoms with E-state index in [9.17, 15) is 9.18 Å². The number of benzene rings is 1. The van der Waals surface area contributed by atoms with Gasteiger partial charge in [0.2, 0.25) is 0 Å². The molecule has 2 heterocycles. The molecule has 0 bridgehead atoms. The van der Waals surface area contributed by atoms with Gasteiger partial charge in [-0.3, -0.25) is 14.4 Å². The third-order valence-corrected chi connectivity index (χ3v) is 4.64. The quantitative estimate of drug-likeness (QED) is 0.915. The zero-order valence-electron chi connectivity index (χ0n) is 14.1. The van der Waals surface area contributed by atoms with E-state index in [1.165, 1.54) is 6.07 Å². The Balaban J connectivity index is 1.58. The molecule has 0 spiro atoms. The van der Waals surface area contributed by atoms with Gasteiger partial charge in [0.25, 0.3) is 5.91 Å². The summed E-state index contributed by atoms with van der Waals surface area (Å²) in [5, 5.41) is 7.02. The molecule has 1 aromatic heterocycles. The summed E-state index contributed by atoms with van der Waals surface area (Å²) in [6.07, 6.45) is 5.47. The summed E-state index contributed by atoms with van der Waals surface area (Å²) in [5.41, 5.74) is 2.69. The Labute approximate surface area is 141 Å². The molecule has 3 rings (SSSR count). The van der Waals surface area contributed by atoms with Crippen molar-refractivity contribution in [3.05, 3.63) is 53.1 Å². The first-order valence-electron chi connectivity index (χ1n) is 8.29. The van der Waals surface area contributed by atoms with Crippen LogP contribution in [0.2, 0.25) is 0 Å². The summed E-state index contributed by atoms with van der Waals surface area (Å²) in [5.74, 6) is -0.286. The average molecular weight is 330 g/mol. The summed E-state index contributed by atoms with van der Waals surface area (Å²) < 4.78 is 14.9. The van der Waals surface area contributed by atoms with Crippen molar-refractivity contribution in [1.82, 2.24) is 20.0 Å². The number of nitrogens with one attached hydrogen (secondary N) is 1. The number of aryl methyl sites for hydroxylation is 2. The van der Waals surface area contributed by atoms with Gasteiger partial charge in [-0.15, -0.1) is 0 Å². The molecule has 2 aromatic rings. The van der Waals surface area contributed by atoms with Crippen LogP contribution in [-0.4, -0.2) is 39.7 Å². The molecule has 1 fully saturated rings. The van der Waals surface area contributed by atoms with Gasteiger partial charge in [-0.1, -0.05) is 6.07 Å². The van der Waals surface area contributed by atoms with E-state index in [4.69, 9.17) is 0 Å². The second-order valence-corrected chi connectivity index (χ2v) is 6.45. The fourth-order valence-corrected chi connectivity index (χ4v) is 3.24. The van der Waals surface area contributed by atoms with E-state index in [1.807, 2.05) is 13.0 Å². The first kappa shape index (κ1) is 16.6. The topological polar surface area (TPSA) is 50.2 Å². The van der Waals surface area contributed by atoms with E-state index in [0.29, 0.717) is 18.2 Å². The Morgan fingerprint density at radius 2 is 2.29 bits per heavy atom. The lowest BCUT2D eigenvalue weighted by Gasteiger charge is -2.25. The molecule has 24 heavy (non-hydrogen) atoms. The molecule has 1 aromatic carbocycles. The molecule has 1 unspecified atom stereocenters. The van der Waals surface area contributed by atoms with Crippen molar-refractivity contribution >= 4 is 5.91 Å². The van der Waals surface area contributed by atoms with Crippen molar-refractivity contribution in [2.75, 3.05) is 13.1 Å². The SMILES string of the molecule is Cc1cc(F)ccc1CN1CCCC1CNC(=O)c1cnn(C)c1. The minimum atomic E-state index is -0.196. The third kappa shape index (κ3) is 3.82. The summed E-state index contributed by atoms with van der Waals surface area (Å²) in [6.45, 7) is 4.35. The van der Waals surface area contributed by atoms with Crippen molar-refractivity contribution in [2.24, 2.45) is 7.05 Å². The van der Waals surface area contributed by atoms with E-state index >= 15 is 0 Å². The van der Waals surface area contributed by atoms with Crippen LogP contribution in [0.5, 0.6) is 0 Å². The normalized spacial score (nSPS) is 18.0. The maximum atomic E-state index is 13.2. The second-order valence-electron chi connectivity index (χ2n) is 6.45. The van der Waals surface area contributed by atoms with Crippen molar-refractivity contribution in [3.8, 4) is 0 Å². The van der Waals surface area contributed by atoms with Gasteiger partial charge in [-0.25, -0.2) is 4.39 Å². The zero-order valence-corrected chi connectivity index (χ0v) is 14.1. The molecular formula is C18H23FN4O. The largest absolute Gasteiger partial charge is 0.350 e. The average Bonchev–Trinajstić information content (AvgIpc) is 3.16. The number of hydrogen-bond acceptors (Lipinski definition) is 3. The number of aromatic nitrogens is 2. The van der Waals surface area contributed by atoms with Crippen molar-refractivity contribution < 1.29 is 9.18 Å². The number of amides is 1. The predicted octanol–water partition coefficient (Wildman–Crippen LogP) is 2.26. The highest BCUT2D eigenvalue weighted by Gasteiger charge is 2.25. The van der Waals surface area contributed by atoms with Gasteiger partial charge in [0.15, 0.2) is 0 Å². The molecule has 6 heteroatoms. The molecule has 128 valence electrons. The standard InChI is InChI=1S/C18H23FN4O/c1-13-8-16(19)6-5-14(13)12-23-7-3-4-17(23)10-20-18(24)15-9-21-22(2)11-15/h5-6,8-9,11,17H,3-4,7,10,12H2,1-2H3,(H,20,24). The lowest BCUT2D eigenvalue weighted by atomic mass is 10.1. The van der Waals surface area contributed by atoms with Crippen molar-refractivity contribution in [1.29, 1.82) is 0 Å². The Bertz CT molecular complexity index is 728. The van der Waals surface area contributed by atoms with E-state index in [1.54, 1.807) is 30.2 Å². The van der Waals surface area contributed by atoms with Gasteiger partial charge >= 0.3 is 0 Å². The van der Waals surface area contributed by atoms with E-state index < -0.39 is 0 Å². The number of hydrogen-bond donors (Lipinski definition) is 1. The minimum Gasteiger partial charge on any atom is -0.350 e. The lowest BCUT2D eigenvalue weighted by molar-refractivity contribution is 0.0939. The monoisotopic (exact) mass is 330 g/mol. The molecule has 0 aliphatic carbocycles. The molecule has 1 saturated heterocycles. The molecule has 1 atom stereocenters. The molecule has 1 amide bonds. The highest BCUT2D eigenvalue weighted by atomic mass is 19.1. The predicted molar refractivity (Wildman–Crippen MR) is 90.1 cm³/mol. The van der Waals surface area contributed by atoms with E-state index in [2.05, 4.69) is 15.3 Å². The number of halogens is 1. The second kappa shape index (κ2) is 7.13. The Hall–Kier alpha value is -2.21. The molecule has 0 radical (unpaired) electrons. The van der Waals surface area contributed by atoms with Crippen LogP contribution >= 0.6 is 0 Å². The third-order valence-electron chi connectivity index (χ3n) is 4.64. The Morgan fingerprint density at radius 1 is 1.46 bits per heavy atom. The van der Waals surface area contributed by atoms with Gasteiger partial charge in [0.1, 0.15) is 5.82 Å². The van der Waals surface area contributed by atoms with Gasteiger partial charge in [-0.2, -0.15) is 5.10 Å². The smallest absolute Gasteiger partial charge is 0.254 e. The number of likely N-dealkylation sites (tertiary alicyclic amines) is 1. The van der Waals surface area contributed by atoms with Crippen LogP contribution in [0.4, 0.5) is 4.39 Å². The molecule has 1 aliphatic heterocycles. The lowest BCUT2D eigenvalue weighted by Crippen LogP contribution is -2.39. The van der Waals surface area contributed by atoms with Crippen LogP contribution in [0.25, 0.3) is 0 Å². The Kier molecular flexibility index (Phi) is 4.94. The first-order valence-corrected chi connectivity index (χ1v) is 8.29. The highest BCUT2D eigenvalue weighted by Crippen LogP contribution is 2.21. The Morgan fingerprint density at radius 3 is 3.00 bits per heavy atom. The van der Waals surface area contributed by atoms with Crippen LogP contribution in [0.1, 0.15) is 34.3 Å². The van der Waals surface area contributed by atoms with Crippen LogP contribution in [0.15, 0.2) is 30.6 Å². The van der Waals surface area contributed by atoms with Crippen LogP contribution in [0, 0.1) is 12.7 Å². The number of nitrogens with zero attached hydrogens (tertiary/aromatic N) is 3. The van der Waals surface area contributed by atoms with Crippen LogP contribution in [-0.2, 0) is 13.6 Å². The zero-order chi connectivity index (χ0) is 17.1. The molecular weight excluding hydrogens is 307 g/mol. The maximum absolute atomic E-state index is 13.2. The summed E-state index contributed by atoms with van der Waals surface area (Å²) >= 11 is 0. The van der Waals surface area contributed by atoms with E-state index in [0.717, 1.165) is 37.1 Å². The maximum Gasteiger partial charge on any atom is 0.254 e.